The summed E-state index contributed by atoms with van der Waals surface area (Å²) in [4.78, 5) is 0. The van der Waals surface area contributed by atoms with Crippen molar-refractivity contribution in [2.24, 2.45) is 0 Å². The highest BCUT2D eigenvalue weighted by Crippen LogP contribution is 2.26. The maximum atomic E-state index is 6.09. The molecule has 2 N–H and O–H groups in total. The van der Waals surface area contributed by atoms with E-state index in [1.54, 1.807) is 0 Å². The molecule has 0 fully saturated rings. The monoisotopic (exact) mass is 266 g/mol. The van der Waals surface area contributed by atoms with Gasteiger partial charge in [0.15, 0.2) is 0 Å². The third kappa shape index (κ3) is 2.23. The van der Waals surface area contributed by atoms with Gasteiger partial charge in [0, 0.05) is 11.9 Å². The van der Waals surface area contributed by atoms with E-state index in [4.69, 9.17) is 10.5 Å². The van der Waals surface area contributed by atoms with E-state index >= 15 is 0 Å². The molecule has 0 aliphatic heterocycles. The first kappa shape index (κ1) is 12.6. The largest absolute Gasteiger partial charge is 0.487 e. The smallest absolute Gasteiger partial charge is 0.128 e. The van der Waals surface area contributed by atoms with Crippen LogP contribution in [0.25, 0.3) is 10.9 Å². The number of nitrogen functional groups attached to an aromatic ring is 1. The topological polar surface area (TPSA) is 40.2 Å². The number of benzene rings is 2. The van der Waals surface area contributed by atoms with Gasteiger partial charge in [-0.25, -0.2) is 0 Å². The molecule has 1 heterocycles. The van der Waals surface area contributed by atoms with E-state index in [1.807, 2.05) is 42.5 Å². The number of fused-ring (bicyclic) bond motifs is 1. The summed E-state index contributed by atoms with van der Waals surface area (Å²) in [7, 11) is 0. The Labute approximate surface area is 118 Å². The van der Waals surface area contributed by atoms with Gasteiger partial charge in [-0.2, -0.15) is 0 Å². The molecule has 0 unspecified atom stereocenters. The van der Waals surface area contributed by atoms with Crippen molar-refractivity contribution in [3.8, 4) is 5.75 Å². The zero-order valence-electron chi connectivity index (χ0n) is 11.5. The highest BCUT2D eigenvalue weighted by Gasteiger charge is 2.10. The fourth-order valence-corrected chi connectivity index (χ4v) is 2.56. The third-order valence-electron chi connectivity index (χ3n) is 3.48. The summed E-state index contributed by atoms with van der Waals surface area (Å²) in [6.07, 6.45) is 0. The predicted octanol–water partition coefficient (Wildman–Crippen LogP) is 3.82. The van der Waals surface area contributed by atoms with E-state index in [0.717, 1.165) is 29.2 Å². The average Bonchev–Trinajstić information content (AvgIpc) is 2.85. The van der Waals surface area contributed by atoms with Crippen molar-refractivity contribution >= 4 is 16.6 Å². The predicted molar refractivity (Wildman–Crippen MR) is 82.8 cm³/mol. The molecule has 3 heteroatoms. The van der Waals surface area contributed by atoms with Crippen molar-refractivity contribution in [2.75, 3.05) is 5.73 Å². The minimum atomic E-state index is 0.548. The van der Waals surface area contributed by atoms with E-state index in [1.165, 1.54) is 5.39 Å². The van der Waals surface area contributed by atoms with Crippen LogP contribution in [0.15, 0.2) is 54.6 Å². The molecular formula is C17H18N2O. The van der Waals surface area contributed by atoms with Gasteiger partial charge in [-0.1, -0.05) is 30.3 Å². The fraction of sp³-hybridized carbons (Fsp3) is 0.176. The summed E-state index contributed by atoms with van der Waals surface area (Å²) in [5.41, 5.74) is 9.15. The zero-order chi connectivity index (χ0) is 13.9. The quantitative estimate of drug-likeness (QED) is 0.729. The molecule has 0 saturated carbocycles. The highest BCUT2D eigenvalue weighted by molar-refractivity contribution is 5.91. The van der Waals surface area contributed by atoms with Gasteiger partial charge in [0.25, 0.3) is 0 Å². The molecule has 2 aromatic carbocycles. The van der Waals surface area contributed by atoms with Crippen molar-refractivity contribution in [3.05, 3.63) is 60.3 Å². The van der Waals surface area contributed by atoms with Gasteiger partial charge in [0.1, 0.15) is 12.4 Å². The number of aromatic nitrogens is 1. The molecule has 20 heavy (non-hydrogen) atoms. The summed E-state index contributed by atoms with van der Waals surface area (Å²) >= 11 is 0. The Kier molecular flexibility index (Phi) is 3.33. The van der Waals surface area contributed by atoms with E-state index in [-0.39, 0.29) is 0 Å². The molecule has 0 spiro atoms. The third-order valence-corrected chi connectivity index (χ3v) is 3.48. The van der Waals surface area contributed by atoms with E-state index in [2.05, 4.69) is 23.6 Å². The summed E-state index contributed by atoms with van der Waals surface area (Å²) in [6.45, 7) is 3.55. The van der Waals surface area contributed by atoms with Crippen molar-refractivity contribution in [3.63, 3.8) is 0 Å². The van der Waals surface area contributed by atoms with Crippen LogP contribution in [0.4, 0.5) is 5.69 Å². The lowest BCUT2D eigenvalue weighted by Gasteiger charge is -2.10. The Balaban J connectivity index is 1.93. The lowest BCUT2D eigenvalue weighted by molar-refractivity contribution is 0.296. The summed E-state index contributed by atoms with van der Waals surface area (Å²) in [5, 5.41) is 1.17. The summed E-state index contributed by atoms with van der Waals surface area (Å²) < 4.78 is 8.06. The van der Waals surface area contributed by atoms with Gasteiger partial charge in [0.05, 0.1) is 16.9 Å². The molecular weight excluding hydrogens is 248 g/mol. The number of hydrogen-bond donors (Lipinski definition) is 1. The Hall–Kier alpha value is -2.42. The Morgan fingerprint density at radius 3 is 2.60 bits per heavy atom. The number of rotatable bonds is 4. The second-order valence-electron chi connectivity index (χ2n) is 4.77. The van der Waals surface area contributed by atoms with Crippen LogP contribution in [0.3, 0.4) is 0 Å². The molecule has 0 atom stereocenters. The molecule has 3 rings (SSSR count). The molecule has 0 aliphatic rings. The van der Waals surface area contributed by atoms with Crippen LogP contribution in [0, 0.1) is 0 Å². The first-order valence-corrected chi connectivity index (χ1v) is 6.84. The minimum Gasteiger partial charge on any atom is -0.487 e. The van der Waals surface area contributed by atoms with Gasteiger partial charge in [-0.15, -0.1) is 0 Å². The first-order chi connectivity index (χ1) is 9.79. The molecule has 0 saturated heterocycles. The van der Waals surface area contributed by atoms with Crippen molar-refractivity contribution in [1.29, 1.82) is 0 Å². The zero-order valence-corrected chi connectivity index (χ0v) is 11.5. The van der Waals surface area contributed by atoms with Crippen molar-refractivity contribution < 1.29 is 4.74 Å². The lowest BCUT2D eigenvalue weighted by Crippen LogP contribution is -2.05. The maximum absolute atomic E-state index is 6.09. The molecule has 3 aromatic rings. The van der Waals surface area contributed by atoms with Crippen LogP contribution in [0.2, 0.25) is 0 Å². The van der Waals surface area contributed by atoms with Gasteiger partial charge < -0.3 is 15.0 Å². The minimum absolute atomic E-state index is 0.548. The van der Waals surface area contributed by atoms with Crippen LogP contribution in [0.5, 0.6) is 5.75 Å². The number of ether oxygens (including phenoxy) is 1. The van der Waals surface area contributed by atoms with E-state index < -0.39 is 0 Å². The number of nitrogens with two attached hydrogens (primary N) is 1. The Bertz CT molecular complexity index is 716. The average molecular weight is 266 g/mol. The number of anilines is 1. The Morgan fingerprint density at radius 2 is 1.85 bits per heavy atom. The van der Waals surface area contributed by atoms with Gasteiger partial charge >= 0.3 is 0 Å². The van der Waals surface area contributed by atoms with Gasteiger partial charge in [-0.05, 0) is 31.2 Å². The summed E-state index contributed by atoms with van der Waals surface area (Å²) in [5.74, 6) is 0.883. The molecule has 1 aromatic heterocycles. The van der Waals surface area contributed by atoms with Gasteiger partial charge in [-0.3, -0.25) is 0 Å². The molecule has 0 radical (unpaired) electrons. The number of nitrogens with zero attached hydrogens (tertiary/aromatic N) is 1. The van der Waals surface area contributed by atoms with E-state index in [0.29, 0.717) is 6.61 Å². The van der Waals surface area contributed by atoms with Crippen molar-refractivity contribution in [1.82, 2.24) is 4.57 Å². The van der Waals surface area contributed by atoms with Crippen LogP contribution in [0.1, 0.15) is 12.6 Å². The molecule has 0 amide bonds. The molecule has 102 valence electrons. The summed E-state index contributed by atoms with van der Waals surface area (Å²) in [6, 6.07) is 18.0. The van der Waals surface area contributed by atoms with Crippen LogP contribution >= 0.6 is 0 Å². The maximum Gasteiger partial charge on any atom is 0.128 e. The second-order valence-corrected chi connectivity index (χ2v) is 4.77. The standard InChI is InChI=1S/C17H18N2O/c1-2-19-14(12-20-15-8-4-3-5-9-15)11-13-7-6-10-16(18)17(13)19/h3-11H,2,12,18H2,1H3. The van der Waals surface area contributed by atoms with Crippen LogP contribution in [-0.2, 0) is 13.2 Å². The SMILES string of the molecule is CCn1c(COc2ccccc2)cc2cccc(N)c21. The van der Waals surface area contributed by atoms with Crippen LogP contribution in [-0.4, -0.2) is 4.57 Å². The fourth-order valence-electron chi connectivity index (χ4n) is 2.56. The first-order valence-electron chi connectivity index (χ1n) is 6.84. The molecule has 0 aliphatic carbocycles. The number of hydrogen-bond acceptors (Lipinski definition) is 2. The normalized spacial score (nSPS) is 10.8. The van der Waals surface area contributed by atoms with Crippen molar-refractivity contribution in [2.45, 2.75) is 20.1 Å². The molecule has 3 nitrogen and oxygen atoms in total. The van der Waals surface area contributed by atoms with Gasteiger partial charge in [0.2, 0.25) is 0 Å². The number of para-hydroxylation sites is 2. The lowest BCUT2D eigenvalue weighted by atomic mass is 10.2. The number of aryl methyl sites for hydroxylation is 1. The Morgan fingerprint density at radius 1 is 1.05 bits per heavy atom. The highest BCUT2D eigenvalue weighted by atomic mass is 16.5. The second kappa shape index (κ2) is 5.29. The molecule has 0 bridgehead atoms. The van der Waals surface area contributed by atoms with E-state index in [9.17, 15) is 0 Å². The van der Waals surface area contributed by atoms with Crippen LogP contribution < -0.4 is 10.5 Å².